The van der Waals surface area contributed by atoms with Crippen LogP contribution in [0.3, 0.4) is 0 Å². The van der Waals surface area contributed by atoms with Gasteiger partial charge in [-0.3, -0.25) is 4.79 Å². The van der Waals surface area contributed by atoms with E-state index in [9.17, 15) is 4.79 Å². The average Bonchev–Trinajstić information content (AvgIpc) is 3.05. The number of nitrogens with one attached hydrogen (secondary N) is 1. The van der Waals surface area contributed by atoms with Gasteiger partial charge in [0, 0.05) is 23.9 Å². The van der Waals surface area contributed by atoms with Crippen LogP contribution < -0.4 is 14.8 Å². The van der Waals surface area contributed by atoms with E-state index in [0.29, 0.717) is 17.2 Å². The topological polar surface area (TPSA) is 65.4 Å². The molecule has 3 rings (SSSR count). The number of methoxy groups -OCH3 is 2. The summed E-state index contributed by atoms with van der Waals surface area (Å²) in [6.07, 6.45) is 1.65. The predicted octanol–water partition coefficient (Wildman–Crippen LogP) is 3.06. The minimum Gasteiger partial charge on any atom is -0.497 e. The van der Waals surface area contributed by atoms with Crippen molar-refractivity contribution in [1.29, 1.82) is 0 Å². The van der Waals surface area contributed by atoms with Crippen LogP contribution in [-0.4, -0.2) is 29.7 Å². The Hall–Kier alpha value is -3.46. The molecule has 0 aliphatic rings. The van der Waals surface area contributed by atoms with E-state index in [1.54, 1.807) is 50.2 Å². The zero-order valence-corrected chi connectivity index (χ0v) is 14.9. The Labute approximate surface area is 151 Å². The first-order valence-electron chi connectivity index (χ1n) is 8.04. The van der Waals surface area contributed by atoms with Crippen molar-refractivity contribution in [3.8, 4) is 23.3 Å². The largest absolute Gasteiger partial charge is 0.497 e. The van der Waals surface area contributed by atoms with Crippen molar-refractivity contribution in [3.63, 3.8) is 0 Å². The summed E-state index contributed by atoms with van der Waals surface area (Å²) >= 11 is 0. The second-order valence-electron chi connectivity index (χ2n) is 5.57. The monoisotopic (exact) mass is 349 g/mol. The molecule has 0 saturated carbocycles. The summed E-state index contributed by atoms with van der Waals surface area (Å²) in [7, 11) is 3.13. The first kappa shape index (κ1) is 17.4. The molecule has 1 aromatic heterocycles. The zero-order chi connectivity index (χ0) is 18.5. The third-order valence-electron chi connectivity index (χ3n) is 3.85. The lowest BCUT2D eigenvalue weighted by atomic mass is 10.2. The third kappa shape index (κ3) is 3.62. The Bertz CT molecular complexity index is 990. The first-order valence-corrected chi connectivity index (χ1v) is 8.04. The van der Waals surface area contributed by atoms with Crippen LogP contribution in [0.2, 0.25) is 0 Å². The van der Waals surface area contributed by atoms with Crippen molar-refractivity contribution in [3.05, 3.63) is 48.3 Å². The van der Waals surface area contributed by atoms with Gasteiger partial charge < -0.3 is 19.4 Å². The van der Waals surface area contributed by atoms with Gasteiger partial charge in [0.1, 0.15) is 18.0 Å². The fourth-order valence-corrected chi connectivity index (χ4v) is 2.72. The molecule has 0 aliphatic carbocycles. The average molecular weight is 349 g/mol. The third-order valence-corrected chi connectivity index (χ3v) is 3.85. The molecule has 0 atom stereocenters. The van der Waals surface area contributed by atoms with Gasteiger partial charge in [0.15, 0.2) is 0 Å². The van der Waals surface area contributed by atoms with Crippen molar-refractivity contribution in [1.82, 2.24) is 9.55 Å². The van der Waals surface area contributed by atoms with Gasteiger partial charge in [-0.25, -0.2) is 4.98 Å². The molecule has 0 spiro atoms. The molecule has 1 heterocycles. The Morgan fingerprint density at radius 3 is 2.58 bits per heavy atom. The number of aromatic nitrogens is 2. The number of carbonyl (C=O) groups is 1. The standard InChI is InChI=1S/C20H19N3O3/c1-4-6-14-7-5-8-18-20(14)23(13-21-18)12-19(24)22-15-9-16(25-2)11-17(10-15)26-3/h5,7-11,13H,12H2,1-3H3,(H,22,24). The number of fused-ring (bicyclic) bond motifs is 1. The lowest BCUT2D eigenvalue weighted by Crippen LogP contribution is -2.18. The Kier molecular flexibility index (Phi) is 5.09. The highest BCUT2D eigenvalue weighted by atomic mass is 16.5. The van der Waals surface area contributed by atoms with E-state index >= 15 is 0 Å². The van der Waals surface area contributed by atoms with Crippen LogP contribution in [0.1, 0.15) is 12.5 Å². The molecule has 6 nitrogen and oxygen atoms in total. The van der Waals surface area contributed by atoms with Gasteiger partial charge in [-0.05, 0) is 19.1 Å². The molecule has 6 heteroatoms. The summed E-state index contributed by atoms with van der Waals surface area (Å²) in [6.45, 7) is 1.90. The molecule has 132 valence electrons. The Morgan fingerprint density at radius 2 is 1.92 bits per heavy atom. The lowest BCUT2D eigenvalue weighted by Gasteiger charge is -2.11. The molecule has 0 unspecified atom stereocenters. The van der Waals surface area contributed by atoms with Crippen LogP contribution in [0.25, 0.3) is 11.0 Å². The van der Waals surface area contributed by atoms with Gasteiger partial charge in [0.2, 0.25) is 5.91 Å². The fourth-order valence-electron chi connectivity index (χ4n) is 2.72. The number of hydrogen-bond acceptors (Lipinski definition) is 4. The van der Waals surface area contributed by atoms with Gasteiger partial charge in [-0.1, -0.05) is 12.0 Å². The SMILES string of the molecule is CC#Cc1cccc2ncn(CC(=O)Nc3cc(OC)cc(OC)c3)c12. The maximum Gasteiger partial charge on any atom is 0.244 e. The number of anilines is 1. The number of amides is 1. The second-order valence-corrected chi connectivity index (χ2v) is 5.57. The van der Waals surface area contributed by atoms with Crippen LogP contribution in [-0.2, 0) is 11.3 Å². The fraction of sp³-hybridized carbons (Fsp3) is 0.200. The van der Waals surface area contributed by atoms with Gasteiger partial charge in [0.25, 0.3) is 0 Å². The number of para-hydroxylation sites is 1. The highest BCUT2D eigenvalue weighted by Crippen LogP contribution is 2.26. The molecule has 0 aliphatic heterocycles. The van der Waals surface area contributed by atoms with E-state index in [0.717, 1.165) is 16.6 Å². The molecule has 0 fully saturated rings. The van der Waals surface area contributed by atoms with Crippen molar-refractivity contribution >= 4 is 22.6 Å². The molecular formula is C20H19N3O3. The number of hydrogen-bond donors (Lipinski definition) is 1. The van der Waals surface area contributed by atoms with Crippen LogP contribution in [0, 0.1) is 11.8 Å². The molecule has 26 heavy (non-hydrogen) atoms. The maximum atomic E-state index is 12.5. The summed E-state index contributed by atoms with van der Waals surface area (Å²) in [4.78, 5) is 16.9. The van der Waals surface area contributed by atoms with Crippen molar-refractivity contribution in [2.45, 2.75) is 13.5 Å². The highest BCUT2D eigenvalue weighted by molar-refractivity contribution is 5.92. The van der Waals surface area contributed by atoms with Gasteiger partial charge in [-0.2, -0.15) is 0 Å². The maximum absolute atomic E-state index is 12.5. The molecule has 2 aromatic carbocycles. The molecule has 1 amide bonds. The van der Waals surface area contributed by atoms with Crippen molar-refractivity contribution in [2.24, 2.45) is 0 Å². The molecule has 0 bridgehead atoms. The van der Waals surface area contributed by atoms with Crippen LogP contribution in [0.5, 0.6) is 11.5 Å². The molecule has 3 aromatic rings. The number of carbonyl (C=O) groups excluding carboxylic acids is 1. The summed E-state index contributed by atoms with van der Waals surface area (Å²) in [5, 5.41) is 2.86. The Morgan fingerprint density at radius 1 is 1.19 bits per heavy atom. The number of nitrogens with zero attached hydrogens (tertiary/aromatic N) is 2. The minimum absolute atomic E-state index is 0.123. The summed E-state index contributed by atoms with van der Waals surface area (Å²) in [5.74, 6) is 6.97. The summed E-state index contributed by atoms with van der Waals surface area (Å²) < 4.78 is 12.2. The zero-order valence-electron chi connectivity index (χ0n) is 14.9. The first-order chi connectivity index (χ1) is 12.6. The summed E-state index contributed by atoms with van der Waals surface area (Å²) in [5.41, 5.74) is 3.10. The van der Waals surface area contributed by atoms with E-state index in [4.69, 9.17) is 9.47 Å². The van der Waals surface area contributed by atoms with Gasteiger partial charge in [0.05, 0.1) is 37.1 Å². The van der Waals surface area contributed by atoms with E-state index in [-0.39, 0.29) is 12.5 Å². The van der Waals surface area contributed by atoms with E-state index in [1.165, 1.54) is 0 Å². The molecule has 0 radical (unpaired) electrons. The van der Waals surface area contributed by atoms with Crippen LogP contribution in [0.4, 0.5) is 5.69 Å². The predicted molar refractivity (Wildman–Crippen MR) is 100 cm³/mol. The Balaban J connectivity index is 1.85. The molecule has 1 N–H and O–H groups in total. The van der Waals surface area contributed by atoms with E-state index < -0.39 is 0 Å². The molecule has 0 saturated heterocycles. The smallest absolute Gasteiger partial charge is 0.244 e. The molecular weight excluding hydrogens is 330 g/mol. The highest BCUT2D eigenvalue weighted by Gasteiger charge is 2.11. The van der Waals surface area contributed by atoms with Gasteiger partial charge in [-0.15, -0.1) is 5.92 Å². The number of ether oxygens (including phenoxy) is 2. The number of rotatable bonds is 5. The van der Waals surface area contributed by atoms with Crippen molar-refractivity contribution < 1.29 is 14.3 Å². The summed E-state index contributed by atoms with van der Waals surface area (Å²) in [6, 6.07) is 10.9. The normalized spacial score (nSPS) is 10.1. The van der Waals surface area contributed by atoms with Gasteiger partial charge >= 0.3 is 0 Å². The van der Waals surface area contributed by atoms with Crippen LogP contribution >= 0.6 is 0 Å². The lowest BCUT2D eigenvalue weighted by molar-refractivity contribution is -0.116. The number of imidazole rings is 1. The quantitative estimate of drug-likeness (QED) is 0.719. The van der Waals surface area contributed by atoms with Crippen LogP contribution in [0.15, 0.2) is 42.7 Å². The van der Waals surface area contributed by atoms with Crippen molar-refractivity contribution in [2.75, 3.05) is 19.5 Å². The van der Waals surface area contributed by atoms with E-state index in [1.807, 2.05) is 18.2 Å². The second kappa shape index (κ2) is 7.62. The minimum atomic E-state index is -0.182. The number of benzene rings is 2. The van der Waals surface area contributed by atoms with E-state index in [2.05, 4.69) is 22.1 Å².